The molecule has 2 heterocycles. The number of likely N-dealkylation sites (N-methyl/N-ethyl adjacent to an activating group) is 1. The number of unbranched alkanes of at least 4 members (excludes halogenated alkanes) is 2. The van der Waals surface area contributed by atoms with Gasteiger partial charge in [0.05, 0.1) is 6.04 Å². The highest BCUT2D eigenvalue weighted by Gasteiger charge is 2.45. The molecule has 0 radical (unpaired) electrons. The van der Waals surface area contributed by atoms with Gasteiger partial charge in [-0.05, 0) is 82.6 Å². The Hall–Kier alpha value is -2.50. The zero-order valence-corrected chi connectivity index (χ0v) is 22.0. The van der Waals surface area contributed by atoms with Gasteiger partial charge in [-0.25, -0.2) is 0 Å². The first-order valence-corrected chi connectivity index (χ1v) is 13.9. The van der Waals surface area contributed by atoms with E-state index in [1.807, 2.05) is 30.1 Å². The molecule has 0 saturated carbocycles. The molecule has 36 heavy (non-hydrogen) atoms. The summed E-state index contributed by atoms with van der Waals surface area (Å²) in [5.41, 5.74) is 1.95. The fraction of sp³-hybridized carbons (Fsp3) is 0.548. The molecule has 4 rings (SSSR count). The Labute approximate surface area is 217 Å². The Kier molecular flexibility index (Phi) is 9.71. The van der Waals surface area contributed by atoms with Crippen molar-refractivity contribution in [1.82, 2.24) is 14.7 Å². The summed E-state index contributed by atoms with van der Waals surface area (Å²) in [6.07, 6.45) is 10.0. The van der Waals surface area contributed by atoms with Gasteiger partial charge in [-0.2, -0.15) is 0 Å². The van der Waals surface area contributed by atoms with Crippen molar-refractivity contribution in [3.05, 3.63) is 71.8 Å². The third-order valence-corrected chi connectivity index (χ3v) is 8.30. The molecule has 0 aliphatic carbocycles. The average Bonchev–Trinajstić information content (AvgIpc) is 3.36. The van der Waals surface area contributed by atoms with Gasteiger partial charge in [-0.3, -0.25) is 9.69 Å². The topological polar surface area (TPSA) is 43.9 Å². The first-order chi connectivity index (χ1) is 17.6. The normalized spacial score (nSPS) is 20.3. The number of hydrogen-bond acceptors (Lipinski definition) is 4. The van der Waals surface area contributed by atoms with Crippen LogP contribution in [0.3, 0.4) is 0 Å². The number of hydrogen-bond donors (Lipinski definition) is 0. The van der Waals surface area contributed by atoms with Crippen LogP contribution in [0.4, 0.5) is 0 Å². The van der Waals surface area contributed by atoms with Crippen LogP contribution in [0.2, 0.25) is 0 Å². The van der Waals surface area contributed by atoms with Crippen molar-refractivity contribution < 1.29 is 9.59 Å². The van der Waals surface area contributed by atoms with Crippen LogP contribution < -0.4 is 0 Å². The minimum absolute atomic E-state index is 0.0970. The highest BCUT2D eigenvalue weighted by atomic mass is 16.2. The molecule has 2 saturated heterocycles. The second kappa shape index (κ2) is 13.2. The van der Waals surface area contributed by atoms with Gasteiger partial charge < -0.3 is 14.6 Å². The summed E-state index contributed by atoms with van der Waals surface area (Å²) in [5.74, 6) is 0.146. The molecule has 1 amide bonds. The molecule has 2 aromatic carbocycles. The lowest BCUT2D eigenvalue weighted by atomic mass is 9.85. The van der Waals surface area contributed by atoms with Crippen molar-refractivity contribution in [2.45, 2.75) is 69.4 Å². The summed E-state index contributed by atoms with van der Waals surface area (Å²) in [5, 5.41) is 0. The summed E-state index contributed by atoms with van der Waals surface area (Å²) in [6.45, 7) is 4.40. The number of piperidine rings is 1. The summed E-state index contributed by atoms with van der Waals surface area (Å²) in [6, 6.07) is 20.9. The molecule has 0 spiro atoms. The van der Waals surface area contributed by atoms with E-state index < -0.39 is 5.54 Å². The molecule has 2 aliphatic heterocycles. The van der Waals surface area contributed by atoms with Crippen molar-refractivity contribution in [3.8, 4) is 0 Å². The molecule has 194 valence electrons. The molecule has 2 aromatic rings. The van der Waals surface area contributed by atoms with Gasteiger partial charge >= 0.3 is 0 Å². The summed E-state index contributed by atoms with van der Waals surface area (Å²) in [7, 11) is 2.04. The zero-order valence-electron chi connectivity index (χ0n) is 22.0. The fourth-order valence-corrected chi connectivity index (χ4v) is 5.94. The zero-order chi connectivity index (χ0) is 25.2. The second-order valence-corrected chi connectivity index (χ2v) is 10.7. The van der Waals surface area contributed by atoms with Crippen molar-refractivity contribution in [2.24, 2.45) is 0 Å². The van der Waals surface area contributed by atoms with Crippen LogP contribution in [-0.2, 0) is 22.4 Å². The van der Waals surface area contributed by atoms with Crippen molar-refractivity contribution in [3.63, 3.8) is 0 Å². The van der Waals surface area contributed by atoms with Gasteiger partial charge in [0.1, 0.15) is 11.8 Å². The minimum atomic E-state index is -0.681. The van der Waals surface area contributed by atoms with Crippen LogP contribution in [-0.4, -0.2) is 78.2 Å². The molecule has 5 heteroatoms. The molecule has 1 unspecified atom stereocenters. The number of carbonyl (C=O) groups excluding carboxylic acids is 2. The molecule has 2 aliphatic rings. The van der Waals surface area contributed by atoms with Crippen molar-refractivity contribution in [2.75, 3.05) is 39.8 Å². The molecule has 1 atom stereocenters. The summed E-state index contributed by atoms with van der Waals surface area (Å²) in [4.78, 5) is 33.1. The Morgan fingerprint density at radius 3 is 2.14 bits per heavy atom. The van der Waals surface area contributed by atoms with E-state index in [9.17, 15) is 9.59 Å². The smallest absolute Gasteiger partial charge is 0.240 e. The number of nitrogens with zero attached hydrogens (tertiary/aromatic N) is 3. The molecule has 2 fully saturated rings. The van der Waals surface area contributed by atoms with Crippen LogP contribution in [0.5, 0.6) is 0 Å². The highest BCUT2D eigenvalue weighted by molar-refractivity contribution is 5.86. The van der Waals surface area contributed by atoms with E-state index in [1.54, 1.807) is 0 Å². The quantitative estimate of drug-likeness (QED) is 0.323. The number of carbonyl (C=O) groups is 2. The third-order valence-electron chi connectivity index (χ3n) is 8.30. The average molecular weight is 490 g/mol. The number of likely N-dealkylation sites (tertiary alicyclic amines) is 2. The standard InChI is InChI=1S/C31H43N3O2/c1-32-21-11-17-29(32)30(36)34(23-18-28-15-7-3-8-16-28)31(26-35)19-24-33(25-20-31)22-10-4-9-14-27-12-5-2-6-13-27/h2-3,5-8,12-13,15-16,26,29H,4,9-11,14,17-25H2,1H3. The van der Waals surface area contributed by atoms with Gasteiger partial charge in [-0.15, -0.1) is 0 Å². The van der Waals surface area contributed by atoms with E-state index in [1.165, 1.54) is 30.4 Å². The fourth-order valence-electron chi connectivity index (χ4n) is 5.94. The van der Waals surface area contributed by atoms with Gasteiger partial charge in [0.15, 0.2) is 0 Å². The largest absolute Gasteiger partial charge is 0.328 e. The van der Waals surface area contributed by atoms with E-state index in [0.717, 1.165) is 71.0 Å². The Balaban J connectivity index is 1.32. The number of aryl methyl sites for hydroxylation is 1. The number of rotatable bonds is 12. The Bertz CT molecular complexity index is 941. The van der Waals surface area contributed by atoms with E-state index in [4.69, 9.17) is 0 Å². The molecule has 5 nitrogen and oxygen atoms in total. The van der Waals surface area contributed by atoms with Crippen LogP contribution in [0.25, 0.3) is 0 Å². The SMILES string of the molecule is CN1CCCC1C(=O)N(CCc1ccccc1)C1(C=O)CCN(CCCCCc2ccccc2)CC1. The third kappa shape index (κ3) is 6.83. The summed E-state index contributed by atoms with van der Waals surface area (Å²) < 4.78 is 0. The first kappa shape index (κ1) is 26.6. The monoisotopic (exact) mass is 489 g/mol. The molecule has 0 N–H and O–H groups in total. The predicted octanol–water partition coefficient (Wildman–Crippen LogP) is 4.60. The Morgan fingerprint density at radius 2 is 1.56 bits per heavy atom. The molecule has 0 aromatic heterocycles. The minimum Gasteiger partial charge on any atom is -0.328 e. The van der Waals surface area contributed by atoms with Crippen LogP contribution in [0, 0.1) is 0 Å². The molecular formula is C31H43N3O2. The lowest BCUT2D eigenvalue weighted by Gasteiger charge is -2.47. The van der Waals surface area contributed by atoms with Gasteiger partial charge in [0.25, 0.3) is 0 Å². The number of amides is 1. The highest BCUT2D eigenvalue weighted by Crippen LogP contribution is 2.31. The molecular weight excluding hydrogens is 446 g/mol. The van der Waals surface area contributed by atoms with E-state index in [2.05, 4.69) is 52.3 Å². The number of benzene rings is 2. The van der Waals surface area contributed by atoms with Crippen molar-refractivity contribution in [1.29, 1.82) is 0 Å². The van der Waals surface area contributed by atoms with Crippen LogP contribution >= 0.6 is 0 Å². The Morgan fingerprint density at radius 1 is 0.917 bits per heavy atom. The van der Waals surface area contributed by atoms with E-state index in [0.29, 0.717) is 6.54 Å². The van der Waals surface area contributed by atoms with Gasteiger partial charge in [0, 0.05) is 19.6 Å². The maximum Gasteiger partial charge on any atom is 0.240 e. The van der Waals surface area contributed by atoms with Crippen molar-refractivity contribution >= 4 is 12.2 Å². The van der Waals surface area contributed by atoms with E-state index in [-0.39, 0.29) is 11.9 Å². The van der Waals surface area contributed by atoms with Gasteiger partial charge in [0.2, 0.25) is 5.91 Å². The maximum absolute atomic E-state index is 13.8. The second-order valence-electron chi connectivity index (χ2n) is 10.7. The maximum atomic E-state index is 13.8. The molecule has 0 bridgehead atoms. The lowest BCUT2D eigenvalue weighted by Crippen LogP contribution is -2.61. The van der Waals surface area contributed by atoms with Gasteiger partial charge in [-0.1, -0.05) is 67.1 Å². The predicted molar refractivity (Wildman–Crippen MR) is 146 cm³/mol. The lowest BCUT2D eigenvalue weighted by molar-refractivity contribution is -0.148. The number of aldehydes is 1. The van der Waals surface area contributed by atoms with E-state index >= 15 is 0 Å². The first-order valence-electron chi connectivity index (χ1n) is 13.9. The van der Waals surface area contributed by atoms with Crippen LogP contribution in [0.15, 0.2) is 60.7 Å². The van der Waals surface area contributed by atoms with Crippen LogP contribution in [0.1, 0.15) is 56.1 Å². The summed E-state index contributed by atoms with van der Waals surface area (Å²) >= 11 is 0.